The number of rotatable bonds is 5. The second kappa shape index (κ2) is 7.80. The van der Waals surface area contributed by atoms with Crippen LogP contribution >= 0.6 is 11.3 Å². The zero-order valence-electron chi connectivity index (χ0n) is 15.2. The number of thiophene rings is 1. The number of phenols is 1. The Morgan fingerprint density at radius 2 is 2.00 bits per heavy atom. The molecule has 2 aromatic carbocycles. The van der Waals surface area contributed by atoms with E-state index < -0.39 is 11.6 Å². The van der Waals surface area contributed by atoms with Gasteiger partial charge in [0.05, 0.1) is 0 Å². The number of halogens is 1. The maximum absolute atomic E-state index is 14.1. The number of amidine groups is 1. The van der Waals surface area contributed by atoms with Crippen LogP contribution in [-0.4, -0.2) is 16.1 Å². The molecule has 1 aromatic heterocycles. The van der Waals surface area contributed by atoms with Crippen LogP contribution in [0.3, 0.4) is 0 Å². The monoisotopic (exact) mass is 384 g/mol. The molecule has 0 fully saturated rings. The molecule has 0 amide bonds. The number of aromatic hydroxyl groups is 1. The lowest BCUT2D eigenvalue weighted by Gasteiger charge is -2.17. The number of phenolic OH excluding ortho intramolecular Hbond substituents is 1. The molecule has 0 unspecified atom stereocenters. The first-order valence-corrected chi connectivity index (χ1v) is 9.52. The topological polar surface area (TPSA) is 78.8 Å². The highest BCUT2D eigenvalue weighted by atomic mass is 32.1. The first-order chi connectivity index (χ1) is 13.0. The second-order valence-corrected chi connectivity index (χ2v) is 7.32. The Morgan fingerprint density at radius 1 is 1.22 bits per heavy atom. The van der Waals surface area contributed by atoms with Gasteiger partial charge in [0.25, 0.3) is 0 Å². The first kappa shape index (κ1) is 18.9. The molecule has 0 aliphatic carbocycles. The van der Waals surface area contributed by atoms with Crippen molar-refractivity contribution >= 4 is 17.2 Å². The minimum Gasteiger partial charge on any atom is -0.505 e. The highest BCUT2D eigenvalue weighted by Crippen LogP contribution is 2.41. The van der Waals surface area contributed by atoms with Gasteiger partial charge >= 0.3 is 0 Å². The Bertz CT molecular complexity index is 1010. The molecular weight excluding hydrogens is 363 g/mol. The minimum absolute atomic E-state index is 0.0104. The standard InChI is InChI=1S/C21H21FN2O2S/c1-3-4-13-9-15(14-5-6-18(25)17(22)11-14)19(16(10-13)21(23)24-26)20-12(2)7-8-27-20/h5-11,25-26H,3-4H2,1-2H3,(H2,23,24). The number of hydrogen-bond acceptors (Lipinski definition) is 4. The summed E-state index contributed by atoms with van der Waals surface area (Å²) in [6.45, 7) is 4.06. The molecule has 3 aromatic rings. The third kappa shape index (κ3) is 3.66. The van der Waals surface area contributed by atoms with Crippen LogP contribution in [0.15, 0.2) is 46.9 Å². The van der Waals surface area contributed by atoms with Gasteiger partial charge in [0, 0.05) is 16.0 Å². The maximum atomic E-state index is 14.1. The molecular formula is C21H21FN2O2S. The molecule has 1 heterocycles. The van der Waals surface area contributed by atoms with Crippen LogP contribution in [0.4, 0.5) is 4.39 Å². The van der Waals surface area contributed by atoms with Gasteiger partial charge < -0.3 is 16.0 Å². The molecule has 0 radical (unpaired) electrons. The van der Waals surface area contributed by atoms with E-state index in [1.54, 1.807) is 17.4 Å². The van der Waals surface area contributed by atoms with Gasteiger partial charge in [-0.3, -0.25) is 0 Å². The van der Waals surface area contributed by atoms with Gasteiger partial charge in [0.2, 0.25) is 0 Å². The number of oxime groups is 1. The molecule has 6 heteroatoms. The highest BCUT2D eigenvalue weighted by Gasteiger charge is 2.20. The summed E-state index contributed by atoms with van der Waals surface area (Å²) in [5, 5.41) is 24.1. The van der Waals surface area contributed by atoms with E-state index in [0.717, 1.165) is 40.0 Å². The molecule has 4 nitrogen and oxygen atoms in total. The molecule has 3 rings (SSSR count). The Morgan fingerprint density at radius 3 is 2.59 bits per heavy atom. The molecule has 0 aliphatic heterocycles. The Hall–Kier alpha value is -2.86. The number of benzene rings is 2. The molecule has 0 bridgehead atoms. The van der Waals surface area contributed by atoms with E-state index in [1.807, 2.05) is 30.5 Å². The van der Waals surface area contributed by atoms with Crippen molar-refractivity contribution in [3.05, 3.63) is 64.3 Å². The minimum atomic E-state index is -0.687. The van der Waals surface area contributed by atoms with E-state index in [1.165, 1.54) is 12.1 Å². The van der Waals surface area contributed by atoms with Gasteiger partial charge in [-0.15, -0.1) is 11.3 Å². The van der Waals surface area contributed by atoms with Crippen LogP contribution in [-0.2, 0) is 6.42 Å². The van der Waals surface area contributed by atoms with Gasteiger partial charge in [-0.05, 0) is 65.2 Å². The SMILES string of the molecule is CCCc1cc(C(N)=NO)c(-c2sccc2C)c(-c2ccc(O)c(F)c2)c1. The fraction of sp³-hybridized carbons (Fsp3) is 0.190. The van der Waals surface area contributed by atoms with Crippen molar-refractivity contribution in [2.75, 3.05) is 0 Å². The normalized spacial score (nSPS) is 11.7. The van der Waals surface area contributed by atoms with Crippen molar-refractivity contribution in [3.63, 3.8) is 0 Å². The van der Waals surface area contributed by atoms with Gasteiger partial charge in [-0.1, -0.05) is 30.6 Å². The molecule has 0 atom stereocenters. The second-order valence-electron chi connectivity index (χ2n) is 6.40. The summed E-state index contributed by atoms with van der Waals surface area (Å²) in [7, 11) is 0. The van der Waals surface area contributed by atoms with Crippen molar-refractivity contribution in [1.29, 1.82) is 0 Å². The van der Waals surface area contributed by atoms with E-state index in [0.29, 0.717) is 11.1 Å². The molecule has 0 spiro atoms. The van der Waals surface area contributed by atoms with Crippen molar-refractivity contribution in [3.8, 4) is 27.3 Å². The van der Waals surface area contributed by atoms with E-state index in [9.17, 15) is 14.7 Å². The van der Waals surface area contributed by atoms with Gasteiger partial charge in [-0.25, -0.2) is 4.39 Å². The van der Waals surface area contributed by atoms with Crippen molar-refractivity contribution in [2.45, 2.75) is 26.7 Å². The molecule has 140 valence electrons. The summed E-state index contributed by atoms with van der Waals surface area (Å²) >= 11 is 1.54. The Labute approximate surface area is 161 Å². The predicted molar refractivity (Wildman–Crippen MR) is 108 cm³/mol. The van der Waals surface area contributed by atoms with Crippen molar-refractivity contribution in [2.24, 2.45) is 10.9 Å². The van der Waals surface area contributed by atoms with Crippen LogP contribution in [0.2, 0.25) is 0 Å². The van der Waals surface area contributed by atoms with Crippen molar-refractivity contribution in [1.82, 2.24) is 0 Å². The fourth-order valence-corrected chi connectivity index (χ4v) is 4.17. The lowest BCUT2D eigenvalue weighted by atomic mass is 9.89. The third-order valence-electron chi connectivity index (χ3n) is 4.47. The zero-order chi connectivity index (χ0) is 19.6. The smallest absolute Gasteiger partial charge is 0.170 e. The number of nitrogens with two attached hydrogens (primary N) is 1. The number of aryl methyl sites for hydroxylation is 2. The lowest BCUT2D eigenvalue weighted by Crippen LogP contribution is -2.15. The summed E-state index contributed by atoms with van der Waals surface area (Å²) in [6.07, 6.45) is 1.74. The van der Waals surface area contributed by atoms with Crippen molar-refractivity contribution < 1.29 is 14.7 Å². The summed E-state index contributed by atoms with van der Waals surface area (Å²) < 4.78 is 14.1. The largest absolute Gasteiger partial charge is 0.505 e. The van der Waals surface area contributed by atoms with E-state index in [4.69, 9.17) is 5.73 Å². The van der Waals surface area contributed by atoms with Gasteiger partial charge in [0.15, 0.2) is 17.4 Å². The third-order valence-corrected chi connectivity index (χ3v) is 5.50. The maximum Gasteiger partial charge on any atom is 0.170 e. The van der Waals surface area contributed by atoms with Crippen LogP contribution in [0, 0.1) is 12.7 Å². The molecule has 4 N–H and O–H groups in total. The predicted octanol–water partition coefficient (Wildman–Crippen LogP) is 5.28. The highest BCUT2D eigenvalue weighted by molar-refractivity contribution is 7.13. The Kier molecular flexibility index (Phi) is 5.46. The first-order valence-electron chi connectivity index (χ1n) is 8.64. The summed E-state index contributed by atoms with van der Waals surface area (Å²) in [5.74, 6) is -1.07. The molecule has 27 heavy (non-hydrogen) atoms. The lowest BCUT2D eigenvalue weighted by molar-refractivity contribution is 0.318. The number of nitrogens with zero attached hydrogens (tertiary/aromatic N) is 1. The Balaban J connectivity index is 2.39. The van der Waals surface area contributed by atoms with E-state index >= 15 is 0 Å². The average Bonchev–Trinajstić information content (AvgIpc) is 3.08. The molecule has 0 aliphatic rings. The summed E-state index contributed by atoms with van der Waals surface area (Å²) in [4.78, 5) is 0.975. The number of hydrogen-bond donors (Lipinski definition) is 3. The molecule has 0 saturated heterocycles. The average molecular weight is 384 g/mol. The van der Waals surface area contributed by atoms with Gasteiger partial charge in [0.1, 0.15) is 0 Å². The summed E-state index contributed by atoms with van der Waals surface area (Å²) in [5.41, 5.74) is 10.9. The van der Waals surface area contributed by atoms with Gasteiger partial charge in [-0.2, -0.15) is 0 Å². The zero-order valence-corrected chi connectivity index (χ0v) is 16.0. The van der Waals surface area contributed by atoms with Crippen LogP contribution in [0.25, 0.3) is 21.6 Å². The molecule has 0 saturated carbocycles. The van der Waals surface area contributed by atoms with Crippen LogP contribution < -0.4 is 5.73 Å². The van der Waals surface area contributed by atoms with Crippen LogP contribution in [0.1, 0.15) is 30.0 Å². The van der Waals surface area contributed by atoms with Crippen LogP contribution in [0.5, 0.6) is 5.75 Å². The quantitative estimate of drug-likeness (QED) is 0.242. The summed E-state index contributed by atoms with van der Waals surface area (Å²) in [6, 6.07) is 10.3. The van der Waals surface area contributed by atoms with E-state index in [-0.39, 0.29) is 5.84 Å². The van der Waals surface area contributed by atoms with E-state index in [2.05, 4.69) is 12.1 Å². The fourth-order valence-electron chi connectivity index (χ4n) is 3.17.